The quantitative estimate of drug-likeness (QED) is 0.852. The van der Waals surface area contributed by atoms with Gasteiger partial charge in [0.15, 0.2) is 11.5 Å². The fourth-order valence-corrected chi connectivity index (χ4v) is 2.84. The molecule has 1 aliphatic rings. The zero-order valence-corrected chi connectivity index (χ0v) is 13.8. The van der Waals surface area contributed by atoms with E-state index < -0.39 is 0 Å². The average Bonchev–Trinajstić information content (AvgIpc) is 3.10. The number of amides is 1. The number of rotatable bonds is 6. The van der Waals surface area contributed by atoms with Gasteiger partial charge in [-0.2, -0.15) is 0 Å². The molecule has 0 bridgehead atoms. The summed E-state index contributed by atoms with van der Waals surface area (Å²) < 4.78 is 5.57. The molecular formula is C18H22N4O2. The average molecular weight is 326 g/mol. The molecule has 2 N–H and O–H groups in total. The van der Waals surface area contributed by atoms with Crippen molar-refractivity contribution in [1.82, 2.24) is 15.5 Å². The van der Waals surface area contributed by atoms with Crippen LogP contribution in [0.25, 0.3) is 0 Å². The van der Waals surface area contributed by atoms with E-state index in [0.717, 1.165) is 24.3 Å². The second-order valence-electron chi connectivity index (χ2n) is 5.81. The highest BCUT2D eigenvalue weighted by molar-refractivity contribution is 5.92. The van der Waals surface area contributed by atoms with Crippen molar-refractivity contribution < 1.29 is 9.53 Å². The van der Waals surface area contributed by atoms with Crippen LogP contribution in [0.1, 0.15) is 43.1 Å². The summed E-state index contributed by atoms with van der Waals surface area (Å²) in [7, 11) is 0. The van der Waals surface area contributed by atoms with E-state index >= 15 is 0 Å². The topological polar surface area (TPSA) is 76.1 Å². The molecule has 1 amide bonds. The fourth-order valence-electron chi connectivity index (χ4n) is 2.84. The van der Waals surface area contributed by atoms with Gasteiger partial charge in [0.2, 0.25) is 0 Å². The third kappa shape index (κ3) is 4.01. The van der Waals surface area contributed by atoms with Gasteiger partial charge in [0.05, 0.1) is 12.3 Å². The number of carbonyl (C=O) groups excluding carboxylic acids is 1. The fraction of sp³-hybridized carbons (Fsp3) is 0.389. The van der Waals surface area contributed by atoms with Crippen LogP contribution in [-0.2, 0) is 0 Å². The van der Waals surface area contributed by atoms with Gasteiger partial charge in [0, 0.05) is 6.04 Å². The third-order valence-electron chi connectivity index (χ3n) is 4.04. The summed E-state index contributed by atoms with van der Waals surface area (Å²) in [6, 6.07) is 11.3. The monoisotopic (exact) mass is 326 g/mol. The van der Waals surface area contributed by atoms with E-state index in [2.05, 4.69) is 20.8 Å². The first-order valence-corrected chi connectivity index (χ1v) is 8.39. The summed E-state index contributed by atoms with van der Waals surface area (Å²) >= 11 is 0. The van der Waals surface area contributed by atoms with Gasteiger partial charge in [-0.1, -0.05) is 25.0 Å². The second kappa shape index (κ2) is 7.77. The largest absolute Gasteiger partial charge is 0.492 e. The van der Waals surface area contributed by atoms with Crippen molar-refractivity contribution in [2.24, 2.45) is 0 Å². The molecule has 0 spiro atoms. The van der Waals surface area contributed by atoms with Gasteiger partial charge in [0.1, 0.15) is 5.75 Å². The lowest BCUT2D eigenvalue weighted by molar-refractivity contribution is 0.0932. The van der Waals surface area contributed by atoms with Crippen molar-refractivity contribution in [3.05, 3.63) is 42.1 Å². The molecule has 0 unspecified atom stereocenters. The Hall–Kier alpha value is -2.63. The van der Waals surface area contributed by atoms with Crippen LogP contribution in [0.5, 0.6) is 5.75 Å². The Morgan fingerprint density at radius 2 is 1.96 bits per heavy atom. The van der Waals surface area contributed by atoms with Gasteiger partial charge in [-0.05, 0) is 44.0 Å². The summed E-state index contributed by atoms with van der Waals surface area (Å²) in [6.45, 7) is 2.53. The first-order chi connectivity index (χ1) is 11.8. The van der Waals surface area contributed by atoms with Crippen LogP contribution in [0.3, 0.4) is 0 Å². The summed E-state index contributed by atoms with van der Waals surface area (Å²) in [6.07, 6.45) is 4.46. The zero-order valence-electron chi connectivity index (χ0n) is 13.8. The van der Waals surface area contributed by atoms with Crippen molar-refractivity contribution in [2.75, 3.05) is 11.9 Å². The molecule has 1 saturated carbocycles. The molecule has 0 saturated heterocycles. The van der Waals surface area contributed by atoms with Crippen LogP contribution in [0.4, 0.5) is 11.5 Å². The highest BCUT2D eigenvalue weighted by atomic mass is 16.5. The molecule has 1 heterocycles. The smallest absolute Gasteiger partial charge is 0.272 e. The van der Waals surface area contributed by atoms with Crippen LogP contribution in [-0.4, -0.2) is 28.8 Å². The van der Waals surface area contributed by atoms with Crippen molar-refractivity contribution in [2.45, 2.75) is 38.6 Å². The van der Waals surface area contributed by atoms with Gasteiger partial charge in [-0.15, -0.1) is 10.2 Å². The number of hydrogen-bond acceptors (Lipinski definition) is 5. The highest BCUT2D eigenvalue weighted by Crippen LogP contribution is 2.26. The number of anilines is 2. The maximum absolute atomic E-state index is 12.2. The van der Waals surface area contributed by atoms with Crippen LogP contribution in [0, 0.1) is 0 Å². The molecule has 0 aliphatic heterocycles. The Morgan fingerprint density at radius 3 is 2.67 bits per heavy atom. The number of nitrogens with zero attached hydrogens (tertiary/aromatic N) is 2. The molecule has 6 nitrogen and oxygen atoms in total. The van der Waals surface area contributed by atoms with E-state index in [-0.39, 0.29) is 11.9 Å². The van der Waals surface area contributed by atoms with E-state index in [9.17, 15) is 4.79 Å². The lowest BCUT2D eigenvalue weighted by Gasteiger charge is -2.12. The minimum absolute atomic E-state index is 0.157. The van der Waals surface area contributed by atoms with Crippen LogP contribution < -0.4 is 15.4 Å². The first-order valence-electron chi connectivity index (χ1n) is 8.39. The Bertz CT molecular complexity index is 682. The molecule has 1 fully saturated rings. The highest BCUT2D eigenvalue weighted by Gasteiger charge is 2.18. The number of hydrogen-bond donors (Lipinski definition) is 2. The maximum Gasteiger partial charge on any atom is 0.272 e. The summed E-state index contributed by atoms with van der Waals surface area (Å²) in [5.74, 6) is 1.17. The predicted molar refractivity (Wildman–Crippen MR) is 92.6 cm³/mol. The Kier molecular flexibility index (Phi) is 5.25. The van der Waals surface area contributed by atoms with Gasteiger partial charge in [-0.25, -0.2) is 0 Å². The van der Waals surface area contributed by atoms with Crippen molar-refractivity contribution in [1.29, 1.82) is 0 Å². The third-order valence-corrected chi connectivity index (χ3v) is 4.04. The Labute approximate surface area is 141 Å². The van der Waals surface area contributed by atoms with Gasteiger partial charge in [-0.3, -0.25) is 4.79 Å². The van der Waals surface area contributed by atoms with E-state index in [0.29, 0.717) is 18.1 Å². The van der Waals surface area contributed by atoms with E-state index in [1.165, 1.54) is 12.8 Å². The maximum atomic E-state index is 12.2. The first kappa shape index (κ1) is 16.2. The zero-order chi connectivity index (χ0) is 16.8. The van der Waals surface area contributed by atoms with E-state index in [1.807, 2.05) is 31.2 Å². The minimum Gasteiger partial charge on any atom is -0.492 e. The molecule has 0 radical (unpaired) electrons. The normalized spacial score (nSPS) is 14.4. The number of nitrogens with one attached hydrogen (secondary N) is 2. The predicted octanol–water partition coefficient (Wildman–Crippen LogP) is 3.29. The summed E-state index contributed by atoms with van der Waals surface area (Å²) in [4.78, 5) is 12.2. The molecule has 0 atom stereocenters. The van der Waals surface area contributed by atoms with Crippen LogP contribution in [0.2, 0.25) is 0 Å². The molecular weight excluding hydrogens is 304 g/mol. The number of carbonyl (C=O) groups is 1. The van der Waals surface area contributed by atoms with Crippen LogP contribution in [0.15, 0.2) is 36.4 Å². The van der Waals surface area contributed by atoms with Crippen molar-refractivity contribution in [3.8, 4) is 5.75 Å². The van der Waals surface area contributed by atoms with E-state index in [4.69, 9.17) is 4.74 Å². The molecule has 126 valence electrons. The molecule has 24 heavy (non-hydrogen) atoms. The molecule has 1 aromatic heterocycles. The molecule has 6 heteroatoms. The van der Waals surface area contributed by atoms with Gasteiger partial charge < -0.3 is 15.4 Å². The number of aromatic nitrogens is 2. The Balaban J connectivity index is 1.65. The summed E-state index contributed by atoms with van der Waals surface area (Å²) in [5.41, 5.74) is 1.15. The van der Waals surface area contributed by atoms with E-state index in [1.54, 1.807) is 12.1 Å². The number of para-hydroxylation sites is 2. The Morgan fingerprint density at radius 1 is 1.17 bits per heavy atom. The lowest BCUT2D eigenvalue weighted by Crippen LogP contribution is -2.33. The van der Waals surface area contributed by atoms with Crippen LogP contribution >= 0.6 is 0 Å². The number of ether oxygens (including phenoxy) is 1. The minimum atomic E-state index is -0.157. The van der Waals surface area contributed by atoms with Crippen molar-refractivity contribution >= 4 is 17.4 Å². The lowest BCUT2D eigenvalue weighted by atomic mass is 10.2. The second-order valence-corrected chi connectivity index (χ2v) is 5.81. The standard InChI is InChI=1S/C18H22N4O2/c1-2-24-16-10-6-5-9-14(16)20-17-12-11-15(21-22-17)18(23)19-13-7-3-4-8-13/h5-6,9-13H,2-4,7-8H2,1H3,(H,19,23)(H,20,22). The molecule has 1 aliphatic carbocycles. The van der Waals surface area contributed by atoms with Gasteiger partial charge in [0.25, 0.3) is 5.91 Å². The van der Waals surface area contributed by atoms with Gasteiger partial charge >= 0.3 is 0 Å². The summed E-state index contributed by atoms with van der Waals surface area (Å²) in [5, 5.41) is 14.3. The van der Waals surface area contributed by atoms with Crippen molar-refractivity contribution in [3.63, 3.8) is 0 Å². The molecule has 1 aromatic carbocycles. The number of benzene rings is 1. The SMILES string of the molecule is CCOc1ccccc1Nc1ccc(C(=O)NC2CCCC2)nn1. The molecule has 3 rings (SSSR count). The molecule has 2 aromatic rings.